The summed E-state index contributed by atoms with van der Waals surface area (Å²) in [5.74, 6) is -0.198. The van der Waals surface area contributed by atoms with E-state index in [1.54, 1.807) is 12.1 Å². The Labute approximate surface area is 160 Å². The lowest BCUT2D eigenvalue weighted by molar-refractivity contribution is 0.0470. The number of hydrogen-bond donors (Lipinski definition) is 0. The predicted molar refractivity (Wildman–Crippen MR) is 102 cm³/mol. The van der Waals surface area contributed by atoms with E-state index in [9.17, 15) is 9.59 Å². The lowest BCUT2D eigenvalue weighted by Gasteiger charge is -2.11. The van der Waals surface area contributed by atoms with E-state index in [4.69, 9.17) is 25.5 Å². The van der Waals surface area contributed by atoms with Crippen molar-refractivity contribution in [2.45, 2.75) is 25.9 Å². The van der Waals surface area contributed by atoms with Crippen molar-refractivity contribution in [1.29, 1.82) is 0 Å². The maximum Gasteiger partial charge on any atom is 0.342 e. The fourth-order valence-corrected chi connectivity index (χ4v) is 3.65. The minimum atomic E-state index is -0.572. The van der Waals surface area contributed by atoms with E-state index < -0.39 is 11.6 Å². The molecule has 6 heteroatoms. The standard InChI is InChI=1S/C21H17ClO5/c1-25-18-6-5-15(22)10-17(18)21(24)26-11-14-9-20(23)27-19-8-13-4-2-3-12(13)7-16(14)19/h5-10H,2-4,11H2,1H3. The first kappa shape index (κ1) is 17.6. The van der Waals surface area contributed by atoms with Gasteiger partial charge in [0.2, 0.25) is 0 Å². The smallest absolute Gasteiger partial charge is 0.342 e. The van der Waals surface area contributed by atoms with Gasteiger partial charge in [0.15, 0.2) is 0 Å². The van der Waals surface area contributed by atoms with Gasteiger partial charge >= 0.3 is 11.6 Å². The van der Waals surface area contributed by atoms with E-state index >= 15 is 0 Å². The maximum atomic E-state index is 12.5. The van der Waals surface area contributed by atoms with Crippen molar-refractivity contribution in [2.75, 3.05) is 7.11 Å². The predicted octanol–water partition coefficient (Wildman–Crippen LogP) is 4.30. The summed E-state index contributed by atoms with van der Waals surface area (Å²) in [6, 6.07) is 10.1. The summed E-state index contributed by atoms with van der Waals surface area (Å²) < 4.78 is 16.0. The van der Waals surface area contributed by atoms with Crippen molar-refractivity contribution < 1.29 is 18.7 Å². The fraction of sp³-hybridized carbons (Fsp3) is 0.238. The van der Waals surface area contributed by atoms with Crippen LogP contribution in [0.15, 0.2) is 45.6 Å². The summed E-state index contributed by atoms with van der Waals surface area (Å²) in [7, 11) is 1.47. The molecule has 138 valence electrons. The molecule has 1 aromatic heterocycles. The van der Waals surface area contributed by atoms with Gasteiger partial charge in [-0.2, -0.15) is 0 Å². The molecule has 5 nitrogen and oxygen atoms in total. The number of carbonyl (C=O) groups is 1. The number of hydrogen-bond acceptors (Lipinski definition) is 5. The molecule has 1 aliphatic carbocycles. The molecule has 0 aliphatic heterocycles. The Morgan fingerprint density at radius 1 is 1.15 bits per heavy atom. The van der Waals surface area contributed by atoms with Crippen LogP contribution in [0.25, 0.3) is 11.0 Å². The molecule has 27 heavy (non-hydrogen) atoms. The van der Waals surface area contributed by atoms with Crippen LogP contribution < -0.4 is 10.4 Å². The van der Waals surface area contributed by atoms with Crippen LogP contribution in [-0.2, 0) is 24.2 Å². The number of carbonyl (C=O) groups excluding carboxylic acids is 1. The van der Waals surface area contributed by atoms with Crippen LogP contribution in [0.1, 0.15) is 33.5 Å². The zero-order chi connectivity index (χ0) is 19.0. The molecule has 0 bridgehead atoms. The van der Waals surface area contributed by atoms with Gasteiger partial charge in [-0.1, -0.05) is 11.6 Å². The maximum absolute atomic E-state index is 12.5. The van der Waals surface area contributed by atoms with Crippen molar-refractivity contribution in [3.63, 3.8) is 0 Å². The molecule has 0 atom stereocenters. The second kappa shape index (κ2) is 7.08. The highest BCUT2D eigenvalue weighted by atomic mass is 35.5. The Kier molecular flexibility index (Phi) is 4.62. The first-order valence-electron chi connectivity index (χ1n) is 8.64. The van der Waals surface area contributed by atoms with Gasteiger partial charge in [-0.05, 0) is 60.7 Å². The number of halogens is 1. The molecule has 4 rings (SSSR count). The number of rotatable bonds is 4. The second-order valence-corrected chi connectivity index (χ2v) is 6.92. The van der Waals surface area contributed by atoms with Crippen LogP contribution in [-0.4, -0.2) is 13.1 Å². The fourth-order valence-electron chi connectivity index (χ4n) is 3.47. The number of benzene rings is 2. The number of ether oxygens (including phenoxy) is 2. The van der Waals surface area contributed by atoms with Crippen molar-refractivity contribution in [2.24, 2.45) is 0 Å². The van der Waals surface area contributed by atoms with Gasteiger partial charge in [-0.3, -0.25) is 0 Å². The summed E-state index contributed by atoms with van der Waals surface area (Å²) in [5.41, 5.74) is 3.37. The highest BCUT2D eigenvalue weighted by molar-refractivity contribution is 6.31. The Morgan fingerprint density at radius 2 is 1.93 bits per heavy atom. The molecule has 1 aliphatic rings. The zero-order valence-electron chi connectivity index (χ0n) is 14.7. The molecule has 0 saturated heterocycles. The zero-order valence-corrected chi connectivity index (χ0v) is 15.5. The van der Waals surface area contributed by atoms with Gasteiger partial charge in [0.25, 0.3) is 0 Å². The van der Waals surface area contributed by atoms with Crippen LogP contribution in [0.2, 0.25) is 5.02 Å². The van der Waals surface area contributed by atoms with Crippen LogP contribution in [0.3, 0.4) is 0 Å². The topological polar surface area (TPSA) is 65.7 Å². The van der Waals surface area contributed by atoms with Gasteiger partial charge in [-0.25, -0.2) is 9.59 Å². The van der Waals surface area contributed by atoms with Crippen molar-refractivity contribution in [3.05, 3.63) is 74.1 Å². The Bertz CT molecular complexity index is 1100. The van der Waals surface area contributed by atoms with Gasteiger partial charge in [0.1, 0.15) is 23.5 Å². The average molecular weight is 385 g/mol. The first-order chi connectivity index (χ1) is 13.0. The molecular formula is C21H17ClO5. The van der Waals surface area contributed by atoms with Crippen LogP contribution in [0.5, 0.6) is 5.75 Å². The number of esters is 1. The molecule has 0 unspecified atom stereocenters. The van der Waals surface area contributed by atoms with Crippen molar-refractivity contribution >= 4 is 28.5 Å². The number of fused-ring (bicyclic) bond motifs is 2. The highest BCUT2D eigenvalue weighted by Crippen LogP contribution is 2.29. The molecule has 3 aromatic rings. The minimum Gasteiger partial charge on any atom is -0.496 e. The molecule has 0 spiro atoms. The molecule has 1 heterocycles. The lowest BCUT2D eigenvalue weighted by Crippen LogP contribution is -2.09. The molecule has 2 aromatic carbocycles. The van der Waals surface area contributed by atoms with Crippen LogP contribution in [0.4, 0.5) is 0 Å². The van der Waals surface area contributed by atoms with Gasteiger partial charge in [0, 0.05) is 22.0 Å². The summed E-state index contributed by atoms with van der Waals surface area (Å²) in [5, 5.41) is 1.20. The quantitative estimate of drug-likeness (QED) is 0.495. The summed E-state index contributed by atoms with van der Waals surface area (Å²) in [6.07, 6.45) is 3.08. The Hall–Kier alpha value is -2.79. The third-order valence-electron chi connectivity index (χ3n) is 4.78. The normalized spacial score (nSPS) is 12.8. The van der Waals surface area contributed by atoms with E-state index in [0.29, 0.717) is 21.9 Å². The van der Waals surface area contributed by atoms with E-state index in [1.807, 2.05) is 12.1 Å². The van der Waals surface area contributed by atoms with E-state index in [1.165, 1.54) is 30.4 Å². The largest absolute Gasteiger partial charge is 0.496 e. The summed E-state index contributed by atoms with van der Waals surface area (Å²) >= 11 is 5.97. The lowest BCUT2D eigenvalue weighted by atomic mass is 10.0. The van der Waals surface area contributed by atoms with Crippen molar-refractivity contribution in [1.82, 2.24) is 0 Å². The molecular weight excluding hydrogens is 368 g/mol. The Morgan fingerprint density at radius 3 is 2.70 bits per heavy atom. The minimum absolute atomic E-state index is 0.0462. The SMILES string of the molecule is COc1ccc(Cl)cc1C(=O)OCc1cc(=O)oc2cc3c(cc12)CCC3. The molecule has 0 N–H and O–H groups in total. The van der Waals surface area contributed by atoms with Crippen molar-refractivity contribution in [3.8, 4) is 5.75 Å². The summed E-state index contributed by atoms with van der Waals surface area (Å²) in [6.45, 7) is -0.0462. The third kappa shape index (κ3) is 3.43. The van der Waals surface area contributed by atoms with Crippen LogP contribution >= 0.6 is 11.6 Å². The number of methoxy groups -OCH3 is 1. The number of aryl methyl sites for hydroxylation is 2. The van der Waals surface area contributed by atoms with Gasteiger partial charge in [-0.15, -0.1) is 0 Å². The molecule has 0 amide bonds. The van der Waals surface area contributed by atoms with Gasteiger partial charge in [0.05, 0.1) is 7.11 Å². The Balaban J connectivity index is 1.65. The first-order valence-corrected chi connectivity index (χ1v) is 9.02. The van der Waals surface area contributed by atoms with E-state index in [0.717, 1.165) is 24.6 Å². The highest BCUT2D eigenvalue weighted by Gasteiger charge is 2.18. The average Bonchev–Trinajstić information content (AvgIpc) is 3.11. The molecule has 0 radical (unpaired) electrons. The molecule has 0 fully saturated rings. The van der Waals surface area contributed by atoms with Gasteiger partial charge < -0.3 is 13.9 Å². The van der Waals surface area contributed by atoms with E-state index in [2.05, 4.69) is 0 Å². The van der Waals surface area contributed by atoms with E-state index in [-0.39, 0.29) is 12.2 Å². The monoisotopic (exact) mass is 384 g/mol. The third-order valence-corrected chi connectivity index (χ3v) is 5.02. The van der Waals surface area contributed by atoms with Crippen LogP contribution in [0, 0.1) is 0 Å². The second-order valence-electron chi connectivity index (χ2n) is 6.48. The molecule has 0 saturated carbocycles. The summed E-state index contributed by atoms with van der Waals surface area (Å²) in [4.78, 5) is 24.4.